The third-order valence-electron chi connectivity index (χ3n) is 1.55. The number of aliphatic hydroxyl groups excluding tert-OH is 1. The van der Waals surface area contributed by atoms with Crippen LogP contribution in [0.25, 0.3) is 0 Å². The van der Waals surface area contributed by atoms with Crippen molar-refractivity contribution < 1.29 is 23.5 Å². The smallest absolute Gasteiger partial charge is 0.307 e. The second kappa shape index (κ2) is 4.65. The minimum absolute atomic E-state index is 0.214. The zero-order valence-corrected chi connectivity index (χ0v) is 7.44. The number of halogens is 2. The lowest BCUT2D eigenvalue weighted by Gasteiger charge is -2.05. The monoisotopic (exact) mass is 219 g/mol. The first-order chi connectivity index (χ1) is 7.06. The summed E-state index contributed by atoms with van der Waals surface area (Å²) in [5, 5.41) is 18.6. The summed E-state index contributed by atoms with van der Waals surface area (Å²) in [6, 6.07) is 1.01. The van der Waals surface area contributed by atoms with E-state index in [2.05, 4.69) is 4.74 Å². The van der Waals surface area contributed by atoms with Crippen LogP contribution in [0.5, 0.6) is 5.75 Å². The van der Waals surface area contributed by atoms with Gasteiger partial charge >= 0.3 is 5.69 Å². The molecule has 0 saturated heterocycles. The highest BCUT2D eigenvalue weighted by molar-refractivity contribution is 5.39. The Balaban J connectivity index is 3.02. The van der Waals surface area contributed by atoms with E-state index in [0.29, 0.717) is 12.1 Å². The normalized spacial score (nSPS) is 10.1. The van der Waals surface area contributed by atoms with Gasteiger partial charge in [0.05, 0.1) is 17.6 Å². The van der Waals surface area contributed by atoms with Crippen LogP contribution in [0.4, 0.5) is 14.5 Å². The van der Waals surface area contributed by atoms with Gasteiger partial charge in [-0.3, -0.25) is 10.1 Å². The highest BCUT2D eigenvalue weighted by Gasteiger charge is 2.19. The first-order valence-corrected chi connectivity index (χ1v) is 3.93. The van der Waals surface area contributed by atoms with E-state index in [1.54, 1.807) is 0 Å². The molecule has 7 heteroatoms. The number of benzene rings is 1. The van der Waals surface area contributed by atoms with Gasteiger partial charge in [0.25, 0.3) is 0 Å². The van der Waals surface area contributed by atoms with Crippen molar-refractivity contribution in [3.05, 3.63) is 33.9 Å². The predicted octanol–water partition coefficient (Wildman–Crippen LogP) is 1.24. The highest BCUT2D eigenvalue weighted by Crippen LogP contribution is 2.26. The molecule has 0 unspecified atom stereocenters. The highest BCUT2D eigenvalue weighted by atomic mass is 19.1. The molecule has 5 nitrogen and oxygen atoms in total. The van der Waals surface area contributed by atoms with Crippen molar-refractivity contribution in [3.63, 3.8) is 0 Å². The van der Waals surface area contributed by atoms with Gasteiger partial charge in [-0.25, -0.2) is 4.39 Å². The first-order valence-electron chi connectivity index (χ1n) is 3.93. The number of nitrogens with zero attached hydrogens (tertiary/aromatic N) is 1. The fraction of sp³-hybridized carbons (Fsp3) is 0.250. The molecule has 1 aromatic rings. The lowest BCUT2D eigenvalue weighted by molar-refractivity contribution is -0.387. The molecule has 0 saturated carbocycles. The van der Waals surface area contributed by atoms with E-state index in [1.807, 2.05) is 0 Å². The summed E-state index contributed by atoms with van der Waals surface area (Å²) in [5.74, 6) is -2.70. The summed E-state index contributed by atoms with van der Waals surface area (Å²) in [6.45, 7) is -0.577. The van der Waals surface area contributed by atoms with Crippen LogP contribution in [0.15, 0.2) is 12.1 Å². The van der Waals surface area contributed by atoms with E-state index in [1.165, 1.54) is 0 Å². The summed E-state index contributed by atoms with van der Waals surface area (Å²) in [7, 11) is 0. The van der Waals surface area contributed by atoms with Gasteiger partial charge in [0.1, 0.15) is 6.61 Å². The molecule has 0 fully saturated rings. The second-order valence-electron chi connectivity index (χ2n) is 2.56. The molecule has 0 amide bonds. The van der Waals surface area contributed by atoms with Crippen LogP contribution >= 0.6 is 0 Å². The summed E-state index contributed by atoms with van der Waals surface area (Å²) in [5.41, 5.74) is -0.955. The average Bonchev–Trinajstić information content (AvgIpc) is 2.18. The van der Waals surface area contributed by atoms with Gasteiger partial charge in [0.2, 0.25) is 5.82 Å². The van der Waals surface area contributed by atoms with Crippen LogP contribution in [0.3, 0.4) is 0 Å². The van der Waals surface area contributed by atoms with Crippen molar-refractivity contribution >= 4 is 5.69 Å². The fourth-order valence-electron chi connectivity index (χ4n) is 0.924. The van der Waals surface area contributed by atoms with Crippen LogP contribution in [0.1, 0.15) is 0 Å². The molecule has 82 valence electrons. The van der Waals surface area contributed by atoms with E-state index in [9.17, 15) is 18.9 Å². The summed E-state index contributed by atoms with van der Waals surface area (Å²) >= 11 is 0. The Morgan fingerprint density at radius 3 is 2.60 bits per heavy atom. The Kier molecular flexibility index (Phi) is 3.51. The standard InChI is InChI=1S/C8H7F2NO4/c9-5-4-8(15-2-1-12)6(10)3-7(5)11(13)14/h3-4,12H,1-2H2. The van der Waals surface area contributed by atoms with Gasteiger partial charge in [0, 0.05) is 6.07 Å². The van der Waals surface area contributed by atoms with E-state index >= 15 is 0 Å². The number of ether oxygens (including phenoxy) is 1. The van der Waals surface area contributed by atoms with Crippen molar-refractivity contribution in [2.75, 3.05) is 13.2 Å². The van der Waals surface area contributed by atoms with E-state index in [4.69, 9.17) is 5.11 Å². The Hall–Kier alpha value is -1.76. The van der Waals surface area contributed by atoms with Crippen molar-refractivity contribution in [3.8, 4) is 5.75 Å². The van der Waals surface area contributed by atoms with Crippen molar-refractivity contribution in [1.82, 2.24) is 0 Å². The minimum atomic E-state index is -1.19. The molecule has 0 aliphatic rings. The molecule has 1 aromatic carbocycles. The molecular formula is C8H7F2NO4. The zero-order chi connectivity index (χ0) is 11.4. The third kappa shape index (κ3) is 2.59. The minimum Gasteiger partial charge on any atom is -0.488 e. The van der Waals surface area contributed by atoms with Crippen LogP contribution in [-0.4, -0.2) is 23.2 Å². The molecule has 0 heterocycles. The summed E-state index contributed by atoms with van der Waals surface area (Å²) in [4.78, 5) is 9.18. The van der Waals surface area contributed by atoms with Crippen molar-refractivity contribution in [2.24, 2.45) is 0 Å². The molecule has 0 spiro atoms. The van der Waals surface area contributed by atoms with Gasteiger partial charge in [-0.2, -0.15) is 4.39 Å². The van der Waals surface area contributed by atoms with Crippen LogP contribution in [0.2, 0.25) is 0 Å². The van der Waals surface area contributed by atoms with Gasteiger partial charge in [-0.1, -0.05) is 0 Å². The van der Waals surface area contributed by atoms with Gasteiger partial charge in [-0.05, 0) is 0 Å². The molecule has 0 radical (unpaired) electrons. The number of rotatable bonds is 4. The molecule has 0 atom stereocenters. The molecule has 15 heavy (non-hydrogen) atoms. The molecule has 0 aliphatic carbocycles. The first kappa shape index (κ1) is 11.3. The van der Waals surface area contributed by atoms with Gasteiger partial charge < -0.3 is 9.84 Å². The molecule has 0 aliphatic heterocycles. The van der Waals surface area contributed by atoms with Crippen molar-refractivity contribution in [2.45, 2.75) is 0 Å². The molecule has 1 N–H and O–H groups in total. The van der Waals surface area contributed by atoms with Gasteiger partial charge in [0.15, 0.2) is 11.6 Å². The number of aliphatic hydroxyl groups is 1. The maximum atomic E-state index is 13.0. The number of hydrogen-bond donors (Lipinski definition) is 1. The fourth-order valence-corrected chi connectivity index (χ4v) is 0.924. The Morgan fingerprint density at radius 2 is 2.07 bits per heavy atom. The zero-order valence-electron chi connectivity index (χ0n) is 7.44. The average molecular weight is 219 g/mol. The molecule has 0 bridgehead atoms. The van der Waals surface area contributed by atoms with E-state index in [0.717, 1.165) is 0 Å². The van der Waals surface area contributed by atoms with Gasteiger partial charge in [-0.15, -0.1) is 0 Å². The number of nitro groups is 1. The van der Waals surface area contributed by atoms with E-state index in [-0.39, 0.29) is 13.2 Å². The predicted molar refractivity (Wildman–Crippen MR) is 45.6 cm³/mol. The number of hydrogen-bond acceptors (Lipinski definition) is 4. The van der Waals surface area contributed by atoms with Crippen LogP contribution in [-0.2, 0) is 0 Å². The summed E-state index contributed by atoms with van der Waals surface area (Å²) in [6.07, 6.45) is 0. The Bertz CT molecular complexity index is 383. The SMILES string of the molecule is O=[N+]([O-])c1cc(F)c(OCCO)cc1F. The number of nitro benzene ring substituents is 1. The quantitative estimate of drug-likeness (QED) is 0.610. The molecule has 1 rings (SSSR count). The topological polar surface area (TPSA) is 72.6 Å². The molecular weight excluding hydrogens is 212 g/mol. The largest absolute Gasteiger partial charge is 0.488 e. The summed E-state index contributed by atoms with van der Waals surface area (Å²) < 4.78 is 30.6. The Labute approximate surface area is 83.1 Å². The lowest BCUT2D eigenvalue weighted by atomic mass is 10.3. The maximum absolute atomic E-state index is 13.0. The lowest BCUT2D eigenvalue weighted by Crippen LogP contribution is -2.04. The van der Waals surface area contributed by atoms with E-state index < -0.39 is 28.0 Å². The Morgan fingerprint density at radius 1 is 1.40 bits per heavy atom. The van der Waals surface area contributed by atoms with Crippen LogP contribution in [0, 0.1) is 21.7 Å². The third-order valence-corrected chi connectivity index (χ3v) is 1.55. The van der Waals surface area contributed by atoms with Crippen LogP contribution < -0.4 is 4.74 Å². The second-order valence-corrected chi connectivity index (χ2v) is 2.56. The van der Waals surface area contributed by atoms with Crippen molar-refractivity contribution in [1.29, 1.82) is 0 Å². The molecule has 0 aromatic heterocycles. The maximum Gasteiger partial charge on any atom is 0.307 e.